The van der Waals surface area contributed by atoms with E-state index in [0.29, 0.717) is 22.1 Å². The van der Waals surface area contributed by atoms with Gasteiger partial charge in [0.15, 0.2) is 18.1 Å². The van der Waals surface area contributed by atoms with Gasteiger partial charge in [-0.3, -0.25) is 4.79 Å². The maximum atomic E-state index is 12.0. The number of carbonyl (C=O) groups is 2. The summed E-state index contributed by atoms with van der Waals surface area (Å²) in [5, 5.41) is 0.328. The molecule has 122 valence electrons. The molecule has 6 heteroatoms. The minimum Gasteiger partial charge on any atom is -0.454 e. The van der Waals surface area contributed by atoms with Gasteiger partial charge in [0, 0.05) is 11.6 Å². The standard InChI is InChI=1S/C18H13ClO5/c19-14-4-2-1-3-13(14)15(20)10-22-18(21)8-6-12-5-7-16-17(9-12)24-11-23-16/h1-9H,10-11H2/b8-6+. The van der Waals surface area contributed by atoms with Gasteiger partial charge in [0.1, 0.15) is 0 Å². The van der Waals surface area contributed by atoms with Crippen molar-refractivity contribution in [3.63, 3.8) is 0 Å². The summed E-state index contributed by atoms with van der Waals surface area (Å²) in [6.07, 6.45) is 2.82. The second-order valence-corrected chi connectivity index (χ2v) is 5.36. The van der Waals surface area contributed by atoms with E-state index >= 15 is 0 Å². The molecule has 5 nitrogen and oxygen atoms in total. The lowest BCUT2D eigenvalue weighted by Gasteiger charge is -2.03. The Balaban J connectivity index is 1.56. The van der Waals surface area contributed by atoms with Gasteiger partial charge >= 0.3 is 5.97 Å². The highest BCUT2D eigenvalue weighted by molar-refractivity contribution is 6.34. The van der Waals surface area contributed by atoms with Crippen LogP contribution in [0.3, 0.4) is 0 Å². The number of benzene rings is 2. The molecule has 0 atom stereocenters. The molecule has 0 amide bonds. The average Bonchev–Trinajstić information content (AvgIpc) is 3.06. The minimum atomic E-state index is -0.618. The van der Waals surface area contributed by atoms with E-state index in [0.717, 1.165) is 5.56 Å². The zero-order chi connectivity index (χ0) is 16.9. The molecule has 0 saturated heterocycles. The van der Waals surface area contributed by atoms with Crippen molar-refractivity contribution in [2.45, 2.75) is 0 Å². The minimum absolute atomic E-state index is 0.189. The summed E-state index contributed by atoms with van der Waals surface area (Å²) in [6.45, 7) is -0.178. The van der Waals surface area contributed by atoms with E-state index in [9.17, 15) is 9.59 Å². The fourth-order valence-corrected chi connectivity index (χ4v) is 2.37. The van der Waals surface area contributed by atoms with Gasteiger partial charge in [-0.2, -0.15) is 0 Å². The Morgan fingerprint density at radius 3 is 2.75 bits per heavy atom. The molecule has 0 aliphatic carbocycles. The fraction of sp³-hybridized carbons (Fsp3) is 0.111. The van der Waals surface area contributed by atoms with Crippen molar-refractivity contribution in [3.8, 4) is 11.5 Å². The number of hydrogen-bond donors (Lipinski definition) is 0. The van der Waals surface area contributed by atoms with E-state index in [1.54, 1.807) is 48.5 Å². The first-order chi connectivity index (χ1) is 11.6. The Morgan fingerprint density at radius 1 is 1.12 bits per heavy atom. The first-order valence-electron chi connectivity index (χ1n) is 7.16. The quantitative estimate of drug-likeness (QED) is 0.472. The predicted octanol–water partition coefficient (Wildman–Crippen LogP) is 3.51. The van der Waals surface area contributed by atoms with Crippen molar-refractivity contribution in [2.75, 3.05) is 13.4 Å². The lowest BCUT2D eigenvalue weighted by molar-refractivity contribution is -0.136. The molecule has 0 fully saturated rings. The Morgan fingerprint density at radius 2 is 1.92 bits per heavy atom. The maximum Gasteiger partial charge on any atom is 0.331 e. The van der Waals surface area contributed by atoms with E-state index in [1.807, 2.05) is 0 Å². The highest BCUT2D eigenvalue weighted by Crippen LogP contribution is 2.32. The molecule has 0 spiro atoms. The van der Waals surface area contributed by atoms with Gasteiger partial charge < -0.3 is 14.2 Å². The van der Waals surface area contributed by atoms with Gasteiger partial charge in [-0.05, 0) is 35.9 Å². The average molecular weight is 345 g/mol. The molecule has 0 radical (unpaired) electrons. The van der Waals surface area contributed by atoms with Crippen LogP contribution >= 0.6 is 11.6 Å². The van der Waals surface area contributed by atoms with Gasteiger partial charge in [-0.1, -0.05) is 29.8 Å². The molecule has 3 rings (SSSR count). The van der Waals surface area contributed by atoms with Crippen LogP contribution in [0.15, 0.2) is 48.5 Å². The molecule has 0 bridgehead atoms. The van der Waals surface area contributed by atoms with Crippen LogP contribution in [-0.2, 0) is 9.53 Å². The summed E-state index contributed by atoms with van der Waals surface area (Å²) in [6, 6.07) is 11.9. The first-order valence-corrected chi connectivity index (χ1v) is 7.53. The summed E-state index contributed by atoms with van der Waals surface area (Å²) < 4.78 is 15.4. The summed E-state index contributed by atoms with van der Waals surface area (Å²) in [7, 11) is 0. The summed E-state index contributed by atoms with van der Waals surface area (Å²) >= 11 is 5.92. The molecule has 0 saturated carbocycles. The van der Waals surface area contributed by atoms with Crippen LogP contribution < -0.4 is 9.47 Å². The van der Waals surface area contributed by atoms with E-state index in [2.05, 4.69) is 0 Å². The van der Waals surface area contributed by atoms with Crippen LogP contribution in [-0.4, -0.2) is 25.2 Å². The number of carbonyl (C=O) groups excluding carboxylic acids is 2. The highest BCUT2D eigenvalue weighted by atomic mass is 35.5. The molecular weight excluding hydrogens is 332 g/mol. The van der Waals surface area contributed by atoms with Crippen LogP contribution in [0.2, 0.25) is 5.02 Å². The Bertz CT molecular complexity index is 813. The zero-order valence-corrected chi connectivity index (χ0v) is 13.3. The fourth-order valence-electron chi connectivity index (χ4n) is 2.13. The van der Waals surface area contributed by atoms with Gasteiger partial charge in [0.05, 0.1) is 5.02 Å². The van der Waals surface area contributed by atoms with E-state index in [1.165, 1.54) is 6.08 Å². The van der Waals surface area contributed by atoms with Crippen LogP contribution in [0.4, 0.5) is 0 Å². The molecule has 1 heterocycles. The number of hydrogen-bond acceptors (Lipinski definition) is 5. The smallest absolute Gasteiger partial charge is 0.331 e. The normalized spacial score (nSPS) is 12.4. The van der Waals surface area contributed by atoms with Crippen LogP contribution in [0.5, 0.6) is 11.5 Å². The van der Waals surface area contributed by atoms with Crippen molar-refractivity contribution < 1.29 is 23.8 Å². The third-order valence-corrected chi connectivity index (χ3v) is 3.66. The molecule has 2 aromatic rings. The van der Waals surface area contributed by atoms with Gasteiger partial charge in [0.25, 0.3) is 0 Å². The highest BCUT2D eigenvalue weighted by Gasteiger charge is 2.13. The van der Waals surface area contributed by atoms with E-state index in [4.69, 9.17) is 25.8 Å². The molecule has 0 N–H and O–H groups in total. The molecular formula is C18H13ClO5. The number of fused-ring (bicyclic) bond motifs is 1. The molecule has 0 aromatic heterocycles. The first kappa shape index (κ1) is 16.1. The number of ketones is 1. The van der Waals surface area contributed by atoms with E-state index in [-0.39, 0.29) is 19.2 Å². The van der Waals surface area contributed by atoms with Crippen molar-refractivity contribution in [1.82, 2.24) is 0 Å². The number of Topliss-reactive ketones (excluding diaryl/α,β-unsaturated/α-hetero) is 1. The maximum absolute atomic E-state index is 12.0. The molecule has 0 unspecified atom stereocenters. The number of halogens is 1. The van der Waals surface area contributed by atoms with E-state index < -0.39 is 5.97 Å². The van der Waals surface area contributed by atoms with Crippen molar-refractivity contribution in [2.24, 2.45) is 0 Å². The summed E-state index contributed by atoms with van der Waals surface area (Å²) in [4.78, 5) is 23.7. The number of ether oxygens (including phenoxy) is 3. The third-order valence-electron chi connectivity index (χ3n) is 3.33. The number of esters is 1. The Kier molecular flexibility index (Phi) is 4.82. The Hall–Kier alpha value is -2.79. The monoisotopic (exact) mass is 344 g/mol. The van der Waals surface area contributed by atoms with Crippen LogP contribution in [0.1, 0.15) is 15.9 Å². The van der Waals surface area contributed by atoms with Crippen molar-refractivity contribution in [1.29, 1.82) is 0 Å². The SMILES string of the molecule is O=C(/C=C/c1ccc2c(c1)OCO2)OCC(=O)c1ccccc1Cl. The van der Waals surface area contributed by atoms with Crippen molar-refractivity contribution in [3.05, 3.63) is 64.7 Å². The molecule has 24 heavy (non-hydrogen) atoms. The molecule has 2 aromatic carbocycles. The summed E-state index contributed by atoms with van der Waals surface area (Å²) in [5.74, 6) is 0.318. The van der Waals surface area contributed by atoms with Gasteiger partial charge in [0.2, 0.25) is 12.6 Å². The Labute approximate surface area is 143 Å². The topological polar surface area (TPSA) is 61.8 Å². The lowest BCUT2D eigenvalue weighted by Crippen LogP contribution is -2.12. The second kappa shape index (κ2) is 7.19. The molecule has 1 aliphatic heterocycles. The van der Waals surface area contributed by atoms with Crippen LogP contribution in [0.25, 0.3) is 6.08 Å². The number of rotatable bonds is 5. The largest absolute Gasteiger partial charge is 0.454 e. The second-order valence-electron chi connectivity index (χ2n) is 4.96. The van der Waals surface area contributed by atoms with Crippen LogP contribution in [0, 0.1) is 0 Å². The molecule has 1 aliphatic rings. The van der Waals surface area contributed by atoms with Gasteiger partial charge in [-0.15, -0.1) is 0 Å². The van der Waals surface area contributed by atoms with Crippen molar-refractivity contribution >= 4 is 29.4 Å². The third kappa shape index (κ3) is 3.75. The summed E-state index contributed by atoms with van der Waals surface area (Å²) in [5.41, 5.74) is 1.08. The van der Waals surface area contributed by atoms with Gasteiger partial charge in [-0.25, -0.2) is 4.79 Å². The zero-order valence-electron chi connectivity index (χ0n) is 12.5. The lowest BCUT2D eigenvalue weighted by atomic mass is 10.1. The predicted molar refractivity (Wildman–Crippen MR) is 88.3 cm³/mol.